The number of aryl methyl sites for hydroxylation is 1. The molecule has 4 rings (SSSR count). The van der Waals surface area contributed by atoms with Crippen molar-refractivity contribution in [2.24, 2.45) is 7.05 Å². The summed E-state index contributed by atoms with van der Waals surface area (Å²) in [6.07, 6.45) is -3.42. The van der Waals surface area contributed by atoms with Crippen molar-refractivity contribution in [2.45, 2.75) is 25.6 Å². The van der Waals surface area contributed by atoms with Crippen molar-refractivity contribution in [3.63, 3.8) is 0 Å². The minimum absolute atomic E-state index is 0.0648. The monoisotopic (exact) mass is 466 g/mol. The first-order valence-corrected chi connectivity index (χ1v) is 10.0. The lowest BCUT2D eigenvalue weighted by Crippen LogP contribution is -2.35. The Morgan fingerprint density at radius 1 is 1.22 bits per heavy atom. The molecular weight excluding hydrogens is 449 g/mol. The van der Waals surface area contributed by atoms with Crippen molar-refractivity contribution in [3.05, 3.63) is 52.6 Å². The molecular formula is C20H18ClF3N6O2. The summed E-state index contributed by atoms with van der Waals surface area (Å²) in [6.45, 7) is 0.682. The molecule has 168 valence electrons. The highest BCUT2D eigenvalue weighted by Crippen LogP contribution is 2.32. The minimum atomic E-state index is -4.51. The fraction of sp³-hybridized carbons (Fsp3) is 0.300. The van der Waals surface area contributed by atoms with E-state index >= 15 is 0 Å². The Labute approximate surface area is 185 Å². The fourth-order valence-corrected chi connectivity index (χ4v) is 3.74. The van der Waals surface area contributed by atoms with E-state index in [1.165, 1.54) is 11.6 Å². The second-order valence-corrected chi connectivity index (χ2v) is 7.63. The summed E-state index contributed by atoms with van der Waals surface area (Å²) in [5.41, 5.74) is 1.12. The first kappa shape index (κ1) is 21.9. The number of carboxylic acid groups (broad SMARTS) is 1. The number of nitrogens with one attached hydrogen (secondary N) is 1. The maximum atomic E-state index is 12.9. The van der Waals surface area contributed by atoms with E-state index in [0.717, 1.165) is 16.7 Å². The van der Waals surface area contributed by atoms with Crippen LogP contribution in [0.2, 0.25) is 5.28 Å². The van der Waals surface area contributed by atoms with Crippen LogP contribution >= 0.6 is 11.6 Å². The molecule has 0 unspecified atom stereocenters. The molecule has 0 saturated heterocycles. The summed E-state index contributed by atoms with van der Waals surface area (Å²) >= 11 is 6.00. The number of imidazole rings is 1. The number of halogens is 4. The second kappa shape index (κ2) is 8.30. The lowest BCUT2D eigenvalue weighted by atomic mass is 10.1. The Morgan fingerprint density at radius 3 is 2.56 bits per heavy atom. The van der Waals surface area contributed by atoms with Gasteiger partial charge < -0.3 is 15.0 Å². The standard InChI is InChI=1S/C20H18ClF3N6O2/c1-29-10-14(20(22,23)24)26-16(29)12-6-4-11(5-7-12)9-25-15-13-3-2-8-30(19(31)32)17(13)28-18(21)27-15/h4-7,10H,2-3,8-9H2,1H3,(H,31,32)(H,25,27,28). The van der Waals surface area contributed by atoms with Gasteiger partial charge in [-0.25, -0.2) is 14.8 Å². The zero-order chi connectivity index (χ0) is 23.0. The number of hydrogen-bond acceptors (Lipinski definition) is 5. The van der Waals surface area contributed by atoms with E-state index < -0.39 is 18.0 Å². The molecule has 32 heavy (non-hydrogen) atoms. The maximum Gasteiger partial charge on any atom is 0.434 e. The number of rotatable bonds is 4. The van der Waals surface area contributed by atoms with E-state index in [2.05, 4.69) is 20.3 Å². The van der Waals surface area contributed by atoms with Crippen molar-refractivity contribution in [3.8, 4) is 11.4 Å². The minimum Gasteiger partial charge on any atom is -0.465 e. The van der Waals surface area contributed by atoms with E-state index in [1.54, 1.807) is 24.3 Å². The van der Waals surface area contributed by atoms with Crippen LogP contribution in [-0.4, -0.2) is 37.3 Å². The fourth-order valence-electron chi connectivity index (χ4n) is 3.58. The molecule has 2 N–H and O–H groups in total. The average Bonchev–Trinajstić information content (AvgIpc) is 3.14. The number of carbonyl (C=O) groups is 1. The van der Waals surface area contributed by atoms with Crippen LogP contribution in [0.15, 0.2) is 30.5 Å². The molecule has 0 atom stereocenters. The smallest absolute Gasteiger partial charge is 0.434 e. The Bertz CT molecular complexity index is 1160. The molecule has 3 heterocycles. The van der Waals surface area contributed by atoms with Gasteiger partial charge in [-0.05, 0) is 30.0 Å². The van der Waals surface area contributed by atoms with E-state index in [0.29, 0.717) is 42.9 Å². The van der Waals surface area contributed by atoms with E-state index in [4.69, 9.17) is 11.6 Å². The Kier molecular flexibility index (Phi) is 5.68. The van der Waals surface area contributed by atoms with Crippen LogP contribution in [0.25, 0.3) is 11.4 Å². The molecule has 0 radical (unpaired) electrons. The summed E-state index contributed by atoms with van der Waals surface area (Å²) in [6, 6.07) is 6.91. The molecule has 1 aromatic carbocycles. The van der Waals surface area contributed by atoms with Crippen LogP contribution in [0.1, 0.15) is 23.2 Å². The van der Waals surface area contributed by atoms with E-state index in [-0.39, 0.29) is 16.9 Å². The number of amides is 1. The molecule has 1 amide bonds. The van der Waals surface area contributed by atoms with Crippen LogP contribution in [0.4, 0.5) is 29.6 Å². The number of aromatic nitrogens is 4. The third-order valence-corrected chi connectivity index (χ3v) is 5.26. The van der Waals surface area contributed by atoms with Crippen LogP contribution in [0.5, 0.6) is 0 Å². The van der Waals surface area contributed by atoms with Gasteiger partial charge in [-0.15, -0.1) is 0 Å². The molecule has 1 aliphatic heterocycles. The van der Waals surface area contributed by atoms with Gasteiger partial charge in [-0.1, -0.05) is 24.3 Å². The number of nitrogens with zero attached hydrogens (tertiary/aromatic N) is 5. The quantitative estimate of drug-likeness (QED) is 0.546. The molecule has 3 aromatic rings. The molecule has 2 aromatic heterocycles. The van der Waals surface area contributed by atoms with Crippen LogP contribution < -0.4 is 10.2 Å². The first-order chi connectivity index (χ1) is 15.1. The Morgan fingerprint density at radius 2 is 1.94 bits per heavy atom. The molecule has 12 heteroatoms. The molecule has 0 bridgehead atoms. The van der Waals surface area contributed by atoms with Gasteiger partial charge in [-0.2, -0.15) is 18.2 Å². The largest absolute Gasteiger partial charge is 0.465 e. The average molecular weight is 467 g/mol. The van der Waals surface area contributed by atoms with Gasteiger partial charge in [0.25, 0.3) is 0 Å². The van der Waals surface area contributed by atoms with Gasteiger partial charge in [0.15, 0.2) is 5.69 Å². The number of hydrogen-bond donors (Lipinski definition) is 2. The maximum absolute atomic E-state index is 12.9. The van der Waals surface area contributed by atoms with Crippen molar-refractivity contribution in [1.82, 2.24) is 19.5 Å². The number of benzene rings is 1. The first-order valence-electron chi connectivity index (χ1n) is 9.64. The number of fused-ring (bicyclic) bond motifs is 1. The zero-order valence-corrected chi connectivity index (χ0v) is 17.6. The lowest BCUT2D eigenvalue weighted by Gasteiger charge is -2.27. The zero-order valence-electron chi connectivity index (χ0n) is 16.8. The van der Waals surface area contributed by atoms with Crippen LogP contribution in [-0.2, 0) is 26.2 Å². The summed E-state index contributed by atoms with van der Waals surface area (Å²) in [5.74, 6) is 0.938. The predicted molar refractivity (Wildman–Crippen MR) is 112 cm³/mol. The topological polar surface area (TPSA) is 96.2 Å². The lowest BCUT2D eigenvalue weighted by molar-refractivity contribution is -0.140. The van der Waals surface area contributed by atoms with Gasteiger partial charge in [0.1, 0.15) is 17.5 Å². The number of anilines is 2. The summed E-state index contributed by atoms with van der Waals surface area (Å²) < 4.78 is 40.0. The van der Waals surface area contributed by atoms with Crippen molar-refractivity contribution < 1.29 is 23.1 Å². The molecule has 0 aliphatic carbocycles. The highest BCUT2D eigenvalue weighted by atomic mass is 35.5. The molecule has 1 aliphatic rings. The van der Waals surface area contributed by atoms with Gasteiger partial charge in [0, 0.05) is 37.5 Å². The van der Waals surface area contributed by atoms with Gasteiger partial charge in [0.05, 0.1) is 0 Å². The van der Waals surface area contributed by atoms with E-state index in [1.807, 2.05) is 0 Å². The van der Waals surface area contributed by atoms with Crippen molar-refractivity contribution in [1.29, 1.82) is 0 Å². The predicted octanol–water partition coefficient (Wildman–Crippen LogP) is 4.59. The van der Waals surface area contributed by atoms with E-state index in [9.17, 15) is 23.1 Å². The second-order valence-electron chi connectivity index (χ2n) is 7.29. The summed E-state index contributed by atoms with van der Waals surface area (Å²) in [7, 11) is 1.51. The summed E-state index contributed by atoms with van der Waals surface area (Å²) in [4.78, 5) is 24.6. The highest BCUT2D eigenvalue weighted by molar-refractivity contribution is 6.28. The number of alkyl halides is 3. The SMILES string of the molecule is Cn1cc(C(F)(F)F)nc1-c1ccc(CNc2nc(Cl)nc3c2CCCN3C(=O)O)cc1. The summed E-state index contributed by atoms with van der Waals surface area (Å²) in [5, 5.41) is 12.5. The highest BCUT2D eigenvalue weighted by Gasteiger charge is 2.34. The third-order valence-electron chi connectivity index (χ3n) is 5.09. The molecule has 0 saturated carbocycles. The van der Waals surface area contributed by atoms with Crippen LogP contribution in [0.3, 0.4) is 0 Å². The van der Waals surface area contributed by atoms with Crippen molar-refractivity contribution in [2.75, 3.05) is 16.8 Å². The molecule has 8 nitrogen and oxygen atoms in total. The van der Waals surface area contributed by atoms with Gasteiger partial charge in [-0.3, -0.25) is 4.90 Å². The molecule has 0 spiro atoms. The van der Waals surface area contributed by atoms with Gasteiger partial charge in [0.2, 0.25) is 5.28 Å². The van der Waals surface area contributed by atoms with Gasteiger partial charge >= 0.3 is 12.3 Å². The van der Waals surface area contributed by atoms with Crippen LogP contribution in [0, 0.1) is 0 Å². The Hall–Kier alpha value is -3.34. The van der Waals surface area contributed by atoms with Crippen molar-refractivity contribution >= 4 is 29.3 Å². The normalized spacial score (nSPS) is 13.7. The molecule has 0 fully saturated rings. The Balaban J connectivity index is 1.53. The third kappa shape index (κ3) is 4.33.